The number of hydrogen-bond acceptors (Lipinski definition) is 5. The van der Waals surface area contributed by atoms with Gasteiger partial charge in [-0.05, 0) is 18.1 Å². The first-order valence-electron chi connectivity index (χ1n) is 5.71. The number of hydrogen-bond donors (Lipinski definition) is 2. The molecule has 0 unspecified atom stereocenters. The maximum absolute atomic E-state index is 5.42. The molecule has 1 aromatic heterocycles. The molecule has 0 aliphatic carbocycles. The predicted molar refractivity (Wildman–Crippen MR) is 66.2 cm³/mol. The molecule has 0 radical (unpaired) electrons. The average molecular weight is 232 g/mol. The van der Waals surface area contributed by atoms with E-state index in [4.69, 9.17) is 10.2 Å². The van der Waals surface area contributed by atoms with E-state index in [1.54, 1.807) is 0 Å². The lowest BCUT2D eigenvalue weighted by Gasteiger charge is -2.06. The fraction of sp³-hybridized carbons (Fsp3) is 0.333. The molecule has 0 fully saturated rings. The van der Waals surface area contributed by atoms with Gasteiger partial charge in [-0.15, -0.1) is 5.10 Å². The van der Waals surface area contributed by atoms with E-state index in [1.165, 1.54) is 5.56 Å². The van der Waals surface area contributed by atoms with Gasteiger partial charge in [0.15, 0.2) is 0 Å². The highest BCUT2D eigenvalue weighted by atomic mass is 16.4. The Kier molecular flexibility index (Phi) is 3.72. The van der Waals surface area contributed by atoms with Gasteiger partial charge in [0.1, 0.15) is 0 Å². The maximum atomic E-state index is 5.42. The van der Waals surface area contributed by atoms with Crippen molar-refractivity contribution in [1.29, 1.82) is 0 Å². The van der Waals surface area contributed by atoms with E-state index in [1.807, 2.05) is 18.2 Å². The second-order valence-electron chi connectivity index (χ2n) is 3.68. The van der Waals surface area contributed by atoms with Crippen molar-refractivity contribution in [3.05, 3.63) is 35.7 Å². The molecule has 17 heavy (non-hydrogen) atoms. The van der Waals surface area contributed by atoms with Crippen molar-refractivity contribution in [2.24, 2.45) is 5.73 Å². The van der Waals surface area contributed by atoms with Crippen LogP contribution in [0.25, 0.3) is 0 Å². The zero-order valence-electron chi connectivity index (χ0n) is 9.81. The van der Waals surface area contributed by atoms with Gasteiger partial charge < -0.3 is 15.5 Å². The van der Waals surface area contributed by atoms with Crippen molar-refractivity contribution in [3.8, 4) is 0 Å². The Morgan fingerprint density at radius 1 is 1.29 bits per heavy atom. The quantitative estimate of drug-likeness (QED) is 0.823. The zero-order valence-corrected chi connectivity index (χ0v) is 9.81. The summed E-state index contributed by atoms with van der Waals surface area (Å²) in [5, 5.41) is 10.9. The summed E-state index contributed by atoms with van der Waals surface area (Å²) in [5.74, 6) is 0.559. The molecule has 1 aromatic carbocycles. The topological polar surface area (TPSA) is 77.0 Å². The normalized spacial score (nSPS) is 10.5. The van der Waals surface area contributed by atoms with Gasteiger partial charge in [-0.3, -0.25) is 0 Å². The highest BCUT2D eigenvalue weighted by Crippen LogP contribution is 2.20. The van der Waals surface area contributed by atoms with Gasteiger partial charge in [0.05, 0.1) is 0 Å². The molecule has 0 aliphatic heterocycles. The van der Waals surface area contributed by atoms with Crippen molar-refractivity contribution in [2.45, 2.75) is 19.8 Å². The molecule has 5 heteroatoms. The van der Waals surface area contributed by atoms with Crippen LogP contribution in [-0.4, -0.2) is 16.7 Å². The maximum Gasteiger partial charge on any atom is 0.320 e. The molecule has 0 aliphatic rings. The molecule has 0 atom stereocenters. The van der Waals surface area contributed by atoms with E-state index in [0.717, 1.165) is 12.1 Å². The van der Waals surface area contributed by atoms with Crippen LogP contribution in [-0.2, 0) is 12.8 Å². The summed E-state index contributed by atoms with van der Waals surface area (Å²) in [6.07, 6.45) is 1.55. The summed E-state index contributed by atoms with van der Waals surface area (Å²) < 4.78 is 5.41. The van der Waals surface area contributed by atoms with Gasteiger partial charge in [-0.2, -0.15) is 0 Å². The second-order valence-corrected chi connectivity index (χ2v) is 3.68. The van der Waals surface area contributed by atoms with Crippen LogP contribution in [0.3, 0.4) is 0 Å². The summed E-state index contributed by atoms with van der Waals surface area (Å²) in [7, 11) is 0. The predicted octanol–water partition coefficient (Wildman–Crippen LogP) is 1.88. The van der Waals surface area contributed by atoms with Crippen molar-refractivity contribution < 1.29 is 4.42 Å². The first-order chi connectivity index (χ1) is 8.33. The summed E-state index contributed by atoms with van der Waals surface area (Å²) in [6, 6.07) is 8.45. The molecule has 3 N–H and O–H groups in total. The molecule has 2 aromatic rings. The highest BCUT2D eigenvalue weighted by Gasteiger charge is 2.07. The number of nitrogens with two attached hydrogens (primary N) is 1. The van der Waals surface area contributed by atoms with Crippen molar-refractivity contribution in [1.82, 2.24) is 10.2 Å². The van der Waals surface area contributed by atoms with Gasteiger partial charge in [-0.1, -0.05) is 30.2 Å². The number of aryl methyl sites for hydroxylation is 1. The Bertz CT molecular complexity index is 481. The van der Waals surface area contributed by atoms with Crippen molar-refractivity contribution in [2.75, 3.05) is 11.9 Å². The minimum absolute atomic E-state index is 0.411. The van der Waals surface area contributed by atoms with Gasteiger partial charge in [0, 0.05) is 18.7 Å². The summed E-state index contributed by atoms with van der Waals surface area (Å²) in [6.45, 7) is 2.61. The standard InChI is InChI=1S/C12H16N4O/c1-2-9-5-3-4-6-10(9)14-12-16-15-11(17-12)7-8-13/h3-6H,2,7-8,13H2,1H3,(H,14,16). The molecule has 90 valence electrons. The minimum atomic E-state index is 0.411. The Morgan fingerprint density at radius 3 is 2.88 bits per heavy atom. The number of benzene rings is 1. The van der Waals surface area contributed by atoms with Crippen LogP contribution in [0.15, 0.2) is 28.7 Å². The van der Waals surface area contributed by atoms with Crippen LogP contribution in [0.5, 0.6) is 0 Å². The first kappa shape index (κ1) is 11.6. The molecule has 0 spiro atoms. The lowest BCUT2D eigenvalue weighted by atomic mass is 10.1. The van der Waals surface area contributed by atoms with Crippen molar-refractivity contribution >= 4 is 11.7 Å². The molecular weight excluding hydrogens is 216 g/mol. The van der Waals surface area contributed by atoms with Crippen LogP contribution in [0.2, 0.25) is 0 Å². The molecular formula is C12H16N4O. The molecule has 5 nitrogen and oxygen atoms in total. The molecule has 0 saturated carbocycles. The largest absolute Gasteiger partial charge is 0.408 e. The van der Waals surface area contributed by atoms with Gasteiger partial charge in [0.25, 0.3) is 0 Å². The molecule has 2 rings (SSSR count). The smallest absolute Gasteiger partial charge is 0.320 e. The van der Waals surface area contributed by atoms with E-state index in [-0.39, 0.29) is 0 Å². The lowest BCUT2D eigenvalue weighted by Crippen LogP contribution is -2.02. The summed E-state index contributed by atoms with van der Waals surface area (Å²) in [4.78, 5) is 0. The van der Waals surface area contributed by atoms with Gasteiger partial charge in [-0.25, -0.2) is 0 Å². The number of nitrogens with zero attached hydrogens (tertiary/aromatic N) is 2. The summed E-state index contributed by atoms with van der Waals surface area (Å²) >= 11 is 0. The van der Waals surface area contributed by atoms with Gasteiger partial charge >= 0.3 is 6.01 Å². The van der Waals surface area contributed by atoms with E-state index in [9.17, 15) is 0 Å². The van der Waals surface area contributed by atoms with E-state index < -0.39 is 0 Å². The first-order valence-corrected chi connectivity index (χ1v) is 5.71. The van der Waals surface area contributed by atoms with Crippen LogP contribution >= 0.6 is 0 Å². The highest BCUT2D eigenvalue weighted by molar-refractivity contribution is 5.57. The van der Waals surface area contributed by atoms with Crippen LogP contribution in [0.1, 0.15) is 18.4 Å². The third-order valence-electron chi connectivity index (χ3n) is 2.46. The minimum Gasteiger partial charge on any atom is -0.408 e. The monoisotopic (exact) mass is 232 g/mol. The van der Waals surface area contributed by atoms with E-state index in [2.05, 4.69) is 28.5 Å². The molecule has 0 saturated heterocycles. The Hall–Kier alpha value is -1.88. The SMILES string of the molecule is CCc1ccccc1Nc1nnc(CCN)o1. The van der Waals surface area contributed by atoms with E-state index >= 15 is 0 Å². The van der Waals surface area contributed by atoms with Crippen LogP contribution in [0, 0.1) is 0 Å². The second kappa shape index (κ2) is 5.45. The molecule has 0 bridgehead atoms. The Morgan fingerprint density at radius 2 is 2.12 bits per heavy atom. The van der Waals surface area contributed by atoms with E-state index in [0.29, 0.717) is 24.9 Å². The molecule has 0 amide bonds. The Balaban J connectivity index is 2.13. The van der Waals surface area contributed by atoms with Crippen LogP contribution < -0.4 is 11.1 Å². The fourth-order valence-electron chi connectivity index (χ4n) is 1.59. The zero-order chi connectivity index (χ0) is 12.1. The third-order valence-corrected chi connectivity index (χ3v) is 2.46. The number of para-hydroxylation sites is 1. The average Bonchev–Trinajstić information content (AvgIpc) is 2.78. The fourth-order valence-corrected chi connectivity index (χ4v) is 1.59. The number of nitrogens with one attached hydrogen (secondary N) is 1. The lowest BCUT2D eigenvalue weighted by molar-refractivity contribution is 0.509. The van der Waals surface area contributed by atoms with Crippen molar-refractivity contribution in [3.63, 3.8) is 0 Å². The van der Waals surface area contributed by atoms with Gasteiger partial charge in [0.2, 0.25) is 5.89 Å². The summed E-state index contributed by atoms with van der Waals surface area (Å²) in [5.41, 5.74) is 7.63. The number of anilines is 2. The molecule has 1 heterocycles. The number of rotatable bonds is 5. The van der Waals surface area contributed by atoms with Crippen LogP contribution in [0.4, 0.5) is 11.7 Å². The Labute approximate surface area is 100 Å². The number of aromatic nitrogens is 2. The third kappa shape index (κ3) is 2.82.